The summed E-state index contributed by atoms with van der Waals surface area (Å²) in [6.45, 7) is 2.14. The fourth-order valence-electron chi connectivity index (χ4n) is 3.09. The highest BCUT2D eigenvalue weighted by molar-refractivity contribution is 6.33. The Hall–Kier alpha value is -1.28. The third-order valence-corrected chi connectivity index (χ3v) is 4.37. The van der Waals surface area contributed by atoms with Crippen LogP contribution >= 0.6 is 11.6 Å². The third-order valence-electron chi connectivity index (χ3n) is 4.04. The summed E-state index contributed by atoms with van der Waals surface area (Å²) in [6.07, 6.45) is 8.50. The SMILES string of the molecule is Cc1cnc(-c2ccccc2Cl)n1C1CCCCC1. The minimum atomic E-state index is 0.586. The summed E-state index contributed by atoms with van der Waals surface area (Å²) in [5, 5.41) is 0.783. The van der Waals surface area contributed by atoms with Gasteiger partial charge in [-0.25, -0.2) is 4.98 Å². The fourth-order valence-corrected chi connectivity index (χ4v) is 3.31. The molecule has 3 heteroatoms. The first-order chi connectivity index (χ1) is 9.27. The number of rotatable bonds is 2. The molecular weight excluding hydrogens is 256 g/mol. The number of hydrogen-bond acceptors (Lipinski definition) is 1. The average molecular weight is 275 g/mol. The van der Waals surface area contributed by atoms with Crippen molar-refractivity contribution in [2.24, 2.45) is 0 Å². The summed E-state index contributed by atoms with van der Waals surface area (Å²) >= 11 is 6.33. The van der Waals surface area contributed by atoms with Gasteiger partial charge in [-0.15, -0.1) is 0 Å². The van der Waals surface area contributed by atoms with E-state index >= 15 is 0 Å². The van der Waals surface area contributed by atoms with Crippen LogP contribution in [0.25, 0.3) is 11.4 Å². The Kier molecular flexibility index (Phi) is 3.61. The van der Waals surface area contributed by atoms with Crippen molar-refractivity contribution in [2.45, 2.75) is 45.1 Å². The van der Waals surface area contributed by atoms with E-state index in [-0.39, 0.29) is 0 Å². The maximum atomic E-state index is 6.33. The molecule has 100 valence electrons. The van der Waals surface area contributed by atoms with E-state index in [4.69, 9.17) is 11.6 Å². The predicted molar refractivity (Wildman–Crippen MR) is 79.5 cm³/mol. The monoisotopic (exact) mass is 274 g/mol. The molecule has 1 saturated carbocycles. The maximum absolute atomic E-state index is 6.33. The Morgan fingerprint density at radius 3 is 2.63 bits per heavy atom. The van der Waals surface area contributed by atoms with Crippen molar-refractivity contribution in [1.29, 1.82) is 0 Å². The van der Waals surface area contributed by atoms with Gasteiger partial charge in [0.1, 0.15) is 5.82 Å². The van der Waals surface area contributed by atoms with E-state index < -0.39 is 0 Å². The van der Waals surface area contributed by atoms with Crippen molar-refractivity contribution < 1.29 is 0 Å². The summed E-state index contributed by atoms with van der Waals surface area (Å²) in [5.74, 6) is 1.02. The van der Waals surface area contributed by atoms with E-state index in [0.717, 1.165) is 16.4 Å². The van der Waals surface area contributed by atoms with Gasteiger partial charge in [0.25, 0.3) is 0 Å². The van der Waals surface area contributed by atoms with E-state index in [0.29, 0.717) is 6.04 Å². The van der Waals surface area contributed by atoms with Crippen LogP contribution in [-0.2, 0) is 0 Å². The molecular formula is C16H19ClN2. The molecule has 1 aromatic carbocycles. The van der Waals surface area contributed by atoms with Crippen molar-refractivity contribution in [1.82, 2.24) is 9.55 Å². The zero-order valence-electron chi connectivity index (χ0n) is 11.3. The van der Waals surface area contributed by atoms with Gasteiger partial charge in [-0.1, -0.05) is 43.0 Å². The summed E-state index contributed by atoms with van der Waals surface area (Å²) < 4.78 is 2.39. The first-order valence-electron chi connectivity index (χ1n) is 7.06. The van der Waals surface area contributed by atoms with E-state index in [1.54, 1.807) is 0 Å². The van der Waals surface area contributed by atoms with Crippen molar-refractivity contribution in [2.75, 3.05) is 0 Å². The lowest BCUT2D eigenvalue weighted by atomic mass is 9.95. The number of imidazole rings is 1. The van der Waals surface area contributed by atoms with Crippen LogP contribution in [0, 0.1) is 6.92 Å². The number of nitrogens with zero attached hydrogens (tertiary/aromatic N) is 2. The molecule has 0 saturated heterocycles. The van der Waals surface area contributed by atoms with Crippen molar-refractivity contribution in [3.8, 4) is 11.4 Å². The standard InChI is InChI=1S/C16H19ClN2/c1-12-11-18-16(14-9-5-6-10-15(14)17)19(12)13-7-3-2-4-8-13/h5-6,9-11,13H,2-4,7-8H2,1H3. The zero-order chi connectivity index (χ0) is 13.2. The normalized spacial score (nSPS) is 16.7. The second kappa shape index (κ2) is 5.38. The Morgan fingerprint density at radius 2 is 1.89 bits per heavy atom. The van der Waals surface area contributed by atoms with Crippen LogP contribution in [0.15, 0.2) is 30.5 Å². The molecule has 1 aromatic heterocycles. The van der Waals surface area contributed by atoms with Crippen molar-refractivity contribution in [3.63, 3.8) is 0 Å². The minimum Gasteiger partial charge on any atom is -0.325 e. The van der Waals surface area contributed by atoms with Gasteiger partial charge in [-0.05, 0) is 31.9 Å². The molecule has 19 heavy (non-hydrogen) atoms. The predicted octanol–water partition coefficient (Wildman–Crippen LogP) is 5.02. The fraction of sp³-hybridized carbons (Fsp3) is 0.438. The van der Waals surface area contributed by atoms with Crippen LogP contribution in [0.3, 0.4) is 0 Å². The van der Waals surface area contributed by atoms with Gasteiger partial charge in [-0.3, -0.25) is 0 Å². The Bertz CT molecular complexity index is 568. The number of aryl methyl sites for hydroxylation is 1. The second-order valence-electron chi connectivity index (χ2n) is 5.36. The quantitative estimate of drug-likeness (QED) is 0.752. The number of aromatic nitrogens is 2. The Morgan fingerprint density at radius 1 is 1.16 bits per heavy atom. The smallest absolute Gasteiger partial charge is 0.141 e. The average Bonchev–Trinajstić information content (AvgIpc) is 2.82. The van der Waals surface area contributed by atoms with E-state index in [1.165, 1.54) is 37.8 Å². The molecule has 2 nitrogen and oxygen atoms in total. The maximum Gasteiger partial charge on any atom is 0.141 e. The Balaban J connectivity index is 2.05. The lowest BCUT2D eigenvalue weighted by molar-refractivity contribution is 0.351. The van der Waals surface area contributed by atoms with E-state index in [9.17, 15) is 0 Å². The second-order valence-corrected chi connectivity index (χ2v) is 5.77. The highest BCUT2D eigenvalue weighted by atomic mass is 35.5. The largest absolute Gasteiger partial charge is 0.325 e. The molecule has 0 amide bonds. The molecule has 1 aliphatic rings. The van der Waals surface area contributed by atoms with Crippen LogP contribution in [-0.4, -0.2) is 9.55 Å². The third kappa shape index (κ3) is 2.42. The van der Waals surface area contributed by atoms with Gasteiger partial charge in [-0.2, -0.15) is 0 Å². The van der Waals surface area contributed by atoms with Gasteiger partial charge in [0.15, 0.2) is 0 Å². The van der Waals surface area contributed by atoms with E-state index in [2.05, 4.69) is 22.5 Å². The van der Waals surface area contributed by atoms with Gasteiger partial charge in [0, 0.05) is 23.5 Å². The number of hydrogen-bond donors (Lipinski definition) is 0. The number of benzene rings is 1. The summed E-state index contributed by atoms with van der Waals surface area (Å²) in [7, 11) is 0. The molecule has 0 spiro atoms. The molecule has 0 aliphatic heterocycles. The highest BCUT2D eigenvalue weighted by Gasteiger charge is 2.21. The van der Waals surface area contributed by atoms with Crippen LogP contribution in [0.1, 0.15) is 43.8 Å². The molecule has 0 atom stereocenters. The molecule has 0 bridgehead atoms. The van der Waals surface area contributed by atoms with Crippen LogP contribution < -0.4 is 0 Å². The highest BCUT2D eigenvalue weighted by Crippen LogP contribution is 2.35. The molecule has 1 fully saturated rings. The lowest BCUT2D eigenvalue weighted by Gasteiger charge is -2.26. The molecule has 0 radical (unpaired) electrons. The van der Waals surface area contributed by atoms with Crippen LogP contribution in [0.2, 0.25) is 5.02 Å². The Labute approximate surface area is 119 Å². The van der Waals surface area contributed by atoms with Crippen molar-refractivity contribution in [3.05, 3.63) is 41.2 Å². The summed E-state index contributed by atoms with van der Waals surface area (Å²) in [6, 6.07) is 8.57. The van der Waals surface area contributed by atoms with Gasteiger partial charge in [0.2, 0.25) is 0 Å². The first-order valence-corrected chi connectivity index (χ1v) is 7.44. The first kappa shape index (κ1) is 12.7. The molecule has 1 aliphatic carbocycles. The molecule has 2 aromatic rings. The summed E-state index contributed by atoms with van der Waals surface area (Å²) in [4.78, 5) is 4.60. The van der Waals surface area contributed by atoms with E-state index in [1.807, 2.05) is 24.4 Å². The lowest BCUT2D eigenvalue weighted by Crippen LogP contribution is -2.15. The minimum absolute atomic E-state index is 0.586. The van der Waals surface area contributed by atoms with Gasteiger partial charge < -0.3 is 4.57 Å². The van der Waals surface area contributed by atoms with Gasteiger partial charge in [0.05, 0.1) is 5.02 Å². The topological polar surface area (TPSA) is 17.8 Å². The van der Waals surface area contributed by atoms with Crippen LogP contribution in [0.4, 0.5) is 0 Å². The molecule has 0 N–H and O–H groups in total. The zero-order valence-corrected chi connectivity index (χ0v) is 12.0. The molecule has 1 heterocycles. The van der Waals surface area contributed by atoms with Crippen molar-refractivity contribution >= 4 is 11.6 Å². The van der Waals surface area contributed by atoms with Crippen LogP contribution in [0.5, 0.6) is 0 Å². The van der Waals surface area contributed by atoms with Gasteiger partial charge >= 0.3 is 0 Å². The molecule has 3 rings (SSSR count). The number of halogens is 1. The molecule has 0 unspecified atom stereocenters. The summed E-state index contributed by atoms with van der Waals surface area (Å²) in [5.41, 5.74) is 2.28.